The van der Waals surface area contributed by atoms with E-state index in [1.807, 2.05) is 6.08 Å². The van der Waals surface area contributed by atoms with E-state index in [2.05, 4.69) is 32.1 Å². The predicted molar refractivity (Wildman–Crippen MR) is 110 cm³/mol. The SMILES string of the molecule is COc1ccc(OC)c([C@@H]2[C@@H]3C[NH+](C(C)C)CC=C3C(C#N)C(=N)C2(C#N)C#N)c1. The Hall–Kier alpha value is -3.34. The molecule has 1 fully saturated rings. The predicted octanol–water partition coefficient (Wildman–Crippen LogP) is 1.84. The monoisotopic (exact) mass is 404 g/mol. The van der Waals surface area contributed by atoms with Gasteiger partial charge in [0.25, 0.3) is 0 Å². The molecule has 0 amide bonds. The van der Waals surface area contributed by atoms with Crippen molar-refractivity contribution in [3.8, 4) is 29.7 Å². The fourth-order valence-electron chi connectivity index (χ4n) is 4.82. The summed E-state index contributed by atoms with van der Waals surface area (Å²) >= 11 is 0. The van der Waals surface area contributed by atoms with Gasteiger partial charge in [0, 0.05) is 17.4 Å². The first-order chi connectivity index (χ1) is 14.4. The first-order valence-electron chi connectivity index (χ1n) is 9.95. The van der Waals surface area contributed by atoms with Crippen molar-refractivity contribution in [2.75, 3.05) is 27.3 Å². The summed E-state index contributed by atoms with van der Waals surface area (Å²) in [5.41, 5.74) is -0.424. The van der Waals surface area contributed by atoms with E-state index in [9.17, 15) is 15.8 Å². The molecule has 1 aliphatic heterocycles. The maximum absolute atomic E-state index is 10.2. The first-order valence-corrected chi connectivity index (χ1v) is 9.95. The molecule has 0 bridgehead atoms. The molecule has 0 aromatic heterocycles. The lowest BCUT2D eigenvalue weighted by Gasteiger charge is -2.47. The van der Waals surface area contributed by atoms with Crippen LogP contribution in [0.2, 0.25) is 0 Å². The summed E-state index contributed by atoms with van der Waals surface area (Å²) in [6.45, 7) is 5.68. The van der Waals surface area contributed by atoms with E-state index in [-0.39, 0.29) is 11.6 Å². The van der Waals surface area contributed by atoms with Gasteiger partial charge in [-0.15, -0.1) is 0 Å². The molecule has 0 saturated heterocycles. The highest BCUT2D eigenvalue weighted by molar-refractivity contribution is 6.01. The molecule has 1 heterocycles. The maximum atomic E-state index is 10.2. The Labute approximate surface area is 177 Å². The van der Waals surface area contributed by atoms with Gasteiger partial charge in [0.1, 0.15) is 17.4 Å². The largest absolute Gasteiger partial charge is 0.497 e. The summed E-state index contributed by atoms with van der Waals surface area (Å²) < 4.78 is 11.0. The molecule has 2 unspecified atom stereocenters. The molecule has 154 valence electrons. The third-order valence-electron chi connectivity index (χ3n) is 6.50. The Morgan fingerprint density at radius 1 is 1.17 bits per heavy atom. The first kappa shape index (κ1) is 21.4. The second kappa shape index (κ2) is 8.19. The van der Waals surface area contributed by atoms with Crippen molar-refractivity contribution in [1.29, 1.82) is 21.2 Å². The van der Waals surface area contributed by atoms with Gasteiger partial charge in [-0.2, -0.15) is 15.8 Å². The number of nitrogens with one attached hydrogen (secondary N) is 2. The van der Waals surface area contributed by atoms with Crippen LogP contribution in [0.3, 0.4) is 0 Å². The molecule has 7 heteroatoms. The highest BCUT2D eigenvalue weighted by Gasteiger charge is 2.59. The minimum absolute atomic E-state index is 0.152. The van der Waals surface area contributed by atoms with Crippen LogP contribution in [0.4, 0.5) is 0 Å². The molecule has 2 N–H and O–H groups in total. The van der Waals surface area contributed by atoms with Crippen molar-refractivity contribution >= 4 is 5.71 Å². The molecule has 1 aromatic rings. The van der Waals surface area contributed by atoms with Crippen LogP contribution in [0.25, 0.3) is 0 Å². The van der Waals surface area contributed by atoms with Crippen molar-refractivity contribution in [1.82, 2.24) is 0 Å². The van der Waals surface area contributed by atoms with Gasteiger partial charge in [-0.3, -0.25) is 0 Å². The van der Waals surface area contributed by atoms with Crippen molar-refractivity contribution in [3.05, 3.63) is 35.4 Å². The zero-order valence-electron chi connectivity index (χ0n) is 17.7. The molecular weight excluding hydrogens is 378 g/mol. The third-order valence-corrected chi connectivity index (χ3v) is 6.50. The van der Waals surface area contributed by atoms with Crippen LogP contribution in [0.1, 0.15) is 25.3 Å². The topological polar surface area (TPSA) is 118 Å². The van der Waals surface area contributed by atoms with Crippen LogP contribution >= 0.6 is 0 Å². The van der Waals surface area contributed by atoms with E-state index in [0.29, 0.717) is 29.6 Å². The summed E-state index contributed by atoms with van der Waals surface area (Å²) in [5.74, 6) is -0.630. The number of hydrogen-bond donors (Lipinski definition) is 2. The Morgan fingerprint density at radius 3 is 2.40 bits per heavy atom. The Bertz CT molecular complexity index is 994. The molecule has 30 heavy (non-hydrogen) atoms. The van der Waals surface area contributed by atoms with Gasteiger partial charge >= 0.3 is 0 Å². The molecular formula is C23H26N5O2+. The number of nitriles is 3. The van der Waals surface area contributed by atoms with Crippen LogP contribution in [0.5, 0.6) is 11.5 Å². The molecule has 4 atom stereocenters. The number of ether oxygens (including phenoxy) is 2. The highest BCUT2D eigenvalue weighted by atomic mass is 16.5. The van der Waals surface area contributed by atoms with Crippen molar-refractivity contribution in [2.45, 2.75) is 25.8 Å². The Morgan fingerprint density at radius 2 is 1.87 bits per heavy atom. The average molecular weight is 404 g/mol. The molecule has 1 aliphatic carbocycles. The van der Waals surface area contributed by atoms with Crippen molar-refractivity contribution < 1.29 is 14.4 Å². The van der Waals surface area contributed by atoms with Crippen LogP contribution in [0.15, 0.2) is 29.8 Å². The number of rotatable bonds is 4. The summed E-state index contributed by atoms with van der Waals surface area (Å²) in [6.07, 6.45) is 2.03. The fraction of sp³-hybridized carbons (Fsp3) is 0.478. The minimum Gasteiger partial charge on any atom is -0.497 e. The Balaban J connectivity index is 2.32. The average Bonchev–Trinajstić information content (AvgIpc) is 2.77. The van der Waals surface area contributed by atoms with Gasteiger partial charge in [0.15, 0.2) is 5.41 Å². The minimum atomic E-state index is -1.76. The van der Waals surface area contributed by atoms with Gasteiger partial charge in [-0.05, 0) is 43.7 Å². The highest BCUT2D eigenvalue weighted by Crippen LogP contribution is 2.54. The van der Waals surface area contributed by atoms with Crippen molar-refractivity contribution in [2.24, 2.45) is 17.3 Å². The summed E-state index contributed by atoms with van der Waals surface area (Å²) in [5, 5.41) is 38.9. The smallest absolute Gasteiger partial charge is 0.190 e. The van der Waals surface area contributed by atoms with Gasteiger partial charge in [-0.25, -0.2) is 0 Å². The zero-order valence-corrected chi connectivity index (χ0v) is 17.7. The van der Waals surface area contributed by atoms with E-state index in [1.165, 1.54) is 4.90 Å². The molecule has 7 nitrogen and oxygen atoms in total. The number of hydrogen-bond acceptors (Lipinski definition) is 6. The lowest BCUT2D eigenvalue weighted by molar-refractivity contribution is -0.920. The van der Waals surface area contributed by atoms with E-state index in [0.717, 1.165) is 12.1 Å². The second-order valence-corrected chi connectivity index (χ2v) is 8.12. The molecule has 0 spiro atoms. The van der Waals surface area contributed by atoms with E-state index >= 15 is 0 Å². The van der Waals surface area contributed by atoms with E-state index in [4.69, 9.17) is 14.9 Å². The van der Waals surface area contributed by atoms with Gasteiger partial charge in [0.05, 0.1) is 57.3 Å². The summed E-state index contributed by atoms with van der Waals surface area (Å²) in [4.78, 5) is 1.31. The summed E-state index contributed by atoms with van der Waals surface area (Å²) in [7, 11) is 3.10. The number of quaternary nitrogens is 1. The van der Waals surface area contributed by atoms with Gasteiger partial charge < -0.3 is 19.8 Å². The quantitative estimate of drug-likeness (QED) is 0.743. The maximum Gasteiger partial charge on any atom is 0.190 e. The molecule has 0 radical (unpaired) electrons. The normalized spacial score (nSPS) is 27.1. The second-order valence-electron chi connectivity index (χ2n) is 8.12. The molecule has 1 saturated carbocycles. The van der Waals surface area contributed by atoms with E-state index < -0.39 is 17.3 Å². The fourth-order valence-corrected chi connectivity index (χ4v) is 4.82. The zero-order chi connectivity index (χ0) is 22.1. The Kier molecular flexibility index (Phi) is 5.83. The van der Waals surface area contributed by atoms with Gasteiger partial charge in [-0.1, -0.05) is 0 Å². The van der Waals surface area contributed by atoms with Crippen LogP contribution < -0.4 is 14.4 Å². The van der Waals surface area contributed by atoms with Gasteiger partial charge in [0.2, 0.25) is 0 Å². The van der Waals surface area contributed by atoms with Crippen LogP contribution in [-0.2, 0) is 0 Å². The third kappa shape index (κ3) is 3.11. The van der Waals surface area contributed by atoms with Crippen molar-refractivity contribution in [3.63, 3.8) is 0 Å². The molecule has 3 rings (SSSR count). The summed E-state index contributed by atoms with van der Waals surface area (Å²) in [6, 6.07) is 12.1. The number of methoxy groups -OCH3 is 2. The number of fused-ring (bicyclic) bond motifs is 1. The lowest BCUT2D eigenvalue weighted by atomic mass is 9.54. The number of nitrogens with zero attached hydrogens (tertiary/aromatic N) is 3. The number of benzene rings is 1. The molecule has 1 aromatic carbocycles. The van der Waals surface area contributed by atoms with E-state index in [1.54, 1.807) is 32.4 Å². The lowest BCUT2D eigenvalue weighted by Crippen LogP contribution is -3.16. The standard InChI is InChI=1S/C23H25N5O2/c1-14(2)28-8-7-16-18(10-24)22(27)23(12-25,13-26)21(19(16)11-28)17-9-15(29-3)5-6-20(17)30-4/h5-7,9,14,18-19,21,27H,8,11H2,1-4H3/p+1/t18?,19-,21-/m1/s1. The van der Waals surface area contributed by atoms with Crippen LogP contribution in [0, 0.1) is 56.7 Å². The van der Waals surface area contributed by atoms with Crippen LogP contribution in [-0.4, -0.2) is 39.1 Å². The molecule has 2 aliphatic rings.